The van der Waals surface area contributed by atoms with Gasteiger partial charge in [0.05, 0.1) is 11.2 Å². The molecule has 2 atom stereocenters. The van der Waals surface area contributed by atoms with E-state index in [1.165, 1.54) is 33.4 Å². The van der Waals surface area contributed by atoms with E-state index in [1.54, 1.807) is 0 Å². The summed E-state index contributed by atoms with van der Waals surface area (Å²) >= 11 is 2.01. The molecule has 0 aliphatic rings. The normalized spacial score (nSPS) is 16.3. The Bertz CT molecular complexity index is 1020. The lowest BCUT2D eigenvalue weighted by Crippen LogP contribution is -2.33. The Morgan fingerprint density at radius 3 is 0.939 bits per heavy atom. The molecule has 3 heteroatoms. The first-order valence-electron chi connectivity index (χ1n) is 19.6. The molecule has 0 bridgehead atoms. The van der Waals surface area contributed by atoms with Crippen molar-refractivity contribution >= 4 is 11.8 Å². The highest BCUT2D eigenvalue weighted by molar-refractivity contribution is 8.01. The minimum absolute atomic E-state index is 0.0548. The van der Waals surface area contributed by atoms with Crippen molar-refractivity contribution in [3.05, 3.63) is 69.9 Å². The van der Waals surface area contributed by atoms with Crippen molar-refractivity contribution in [3.8, 4) is 0 Å². The van der Waals surface area contributed by atoms with E-state index < -0.39 is 11.2 Å². The van der Waals surface area contributed by atoms with Crippen LogP contribution in [-0.2, 0) is 0 Å². The Morgan fingerprint density at radius 2 is 0.653 bits per heavy atom. The van der Waals surface area contributed by atoms with Crippen molar-refractivity contribution in [2.24, 2.45) is 0 Å². The van der Waals surface area contributed by atoms with Crippen molar-refractivity contribution in [1.82, 2.24) is 0 Å². The lowest BCUT2D eigenvalue weighted by atomic mass is 9.90. The molecule has 2 nitrogen and oxygen atoms in total. The Morgan fingerprint density at radius 1 is 0.388 bits per heavy atom. The van der Waals surface area contributed by atoms with Crippen LogP contribution in [0.25, 0.3) is 0 Å². The zero-order chi connectivity index (χ0) is 37.7. The molecule has 0 rings (SSSR count). The summed E-state index contributed by atoms with van der Waals surface area (Å²) in [6.45, 7) is 30.9. The Balaban J connectivity index is 4.62. The highest BCUT2D eigenvalue weighted by atomic mass is 32.2. The molecule has 0 saturated heterocycles. The fourth-order valence-corrected chi connectivity index (χ4v) is 8.08. The van der Waals surface area contributed by atoms with Crippen LogP contribution in [0.1, 0.15) is 200 Å². The van der Waals surface area contributed by atoms with Gasteiger partial charge in [-0.15, -0.1) is 11.8 Å². The molecule has 0 aromatic carbocycles. The van der Waals surface area contributed by atoms with Gasteiger partial charge in [0.15, 0.2) is 0 Å². The summed E-state index contributed by atoms with van der Waals surface area (Å²) in [5.41, 5.74) is 7.30. The van der Waals surface area contributed by atoms with E-state index in [1.807, 2.05) is 25.6 Å². The molecule has 0 radical (unpaired) electrons. The topological polar surface area (TPSA) is 40.5 Å². The fraction of sp³-hybridized carbons (Fsp3) is 0.739. The van der Waals surface area contributed by atoms with Crippen LogP contribution in [0.5, 0.6) is 0 Å². The van der Waals surface area contributed by atoms with Crippen molar-refractivity contribution in [3.63, 3.8) is 0 Å². The van der Waals surface area contributed by atoms with Crippen molar-refractivity contribution < 1.29 is 10.2 Å². The highest BCUT2D eigenvalue weighted by Gasteiger charge is 2.33. The van der Waals surface area contributed by atoms with Crippen LogP contribution in [0.15, 0.2) is 69.9 Å². The predicted octanol–water partition coefficient (Wildman–Crippen LogP) is 14.7. The van der Waals surface area contributed by atoms with Gasteiger partial charge in [0.2, 0.25) is 0 Å². The lowest BCUT2D eigenvalue weighted by molar-refractivity contribution is 0.0383. The molecule has 0 fully saturated rings. The third kappa shape index (κ3) is 29.0. The molecule has 0 saturated carbocycles. The van der Waals surface area contributed by atoms with Gasteiger partial charge in [0.25, 0.3) is 0 Å². The molecule has 2 N–H and O–H groups in total. The van der Waals surface area contributed by atoms with E-state index >= 15 is 0 Å². The second kappa shape index (κ2) is 24.0. The number of hydrogen-bond donors (Lipinski definition) is 2. The third-order valence-electron chi connectivity index (χ3n) is 9.68. The minimum Gasteiger partial charge on any atom is -0.390 e. The lowest BCUT2D eigenvalue weighted by Gasteiger charge is -2.38. The van der Waals surface area contributed by atoms with Gasteiger partial charge in [-0.3, -0.25) is 0 Å². The molecule has 0 spiro atoms. The Hall–Kier alpha value is -1.29. The van der Waals surface area contributed by atoms with Gasteiger partial charge in [0.1, 0.15) is 0 Å². The molecular weight excluding hydrogens is 617 g/mol. The SMILES string of the molecule is CC(C)=CCCC(C)=CCCC(C)=CCC[C@@](C)(O)CCC(C)(C)SC(C)(C)CC[C@](C)(O)CCC=C(C)CCC=C(C)CCC=C(C)C. The van der Waals surface area contributed by atoms with E-state index in [9.17, 15) is 10.2 Å². The standard InChI is InChI=1S/C46H82O2S/c1-37(2)21-15-23-39(5)25-17-27-41(7)29-19-31-45(13,47)35-33-43(9,10)49-44(11,12)34-36-46(14,48)32-20-30-42(8)28-18-26-40(6)24-16-22-38(3)4/h21-22,25-26,29-30,47-48H,15-20,23-24,27-28,31-36H2,1-14H3/t45-,46-/m1/s1. The third-order valence-corrected chi connectivity index (χ3v) is 11.2. The Kier molecular flexibility index (Phi) is 23.4. The molecule has 0 aromatic rings. The number of hydrogen-bond acceptors (Lipinski definition) is 3. The largest absolute Gasteiger partial charge is 0.390 e. The average Bonchev–Trinajstić information content (AvgIpc) is 2.94. The van der Waals surface area contributed by atoms with E-state index in [-0.39, 0.29) is 9.49 Å². The average molecular weight is 699 g/mol. The summed E-state index contributed by atoms with van der Waals surface area (Å²) in [4.78, 5) is 0. The van der Waals surface area contributed by atoms with E-state index in [0.29, 0.717) is 0 Å². The smallest absolute Gasteiger partial charge is 0.0623 e. The first-order valence-corrected chi connectivity index (χ1v) is 20.4. The van der Waals surface area contributed by atoms with Gasteiger partial charge in [0, 0.05) is 9.49 Å². The highest BCUT2D eigenvalue weighted by Crippen LogP contribution is 2.44. The van der Waals surface area contributed by atoms with Crippen LogP contribution in [0.4, 0.5) is 0 Å². The van der Waals surface area contributed by atoms with Gasteiger partial charge in [-0.2, -0.15) is 0 Å². The van der Waals surface area contributed by atoms with Gasteiger partial charge in [-0.1, -0.05) is 97.6 Å². The monoisotopic (exact) mass is 699 g/mol. The quantitative estimate of drug-likeness (QED) is 0.0884. The molecule has 0 unspecified atom stereocenters. The van der Waals surface area contributed by atoms with Gasteiger partial charge >= 0.3 is 0 Å². The summed E-state index contributed by atoms with van der Waals surface area (Å²) in [5.74, 6) is 0. The maximum absolute atomic E-state index is 11.2. The predicted molar refractivity (Wildman–Crippen MR) is 225 cm³/mol. The molecule has 0 heterocycles. The molecular formula is C46H82O2S. The number of aliphatic hydroxyl groups is 2. The molecule has 0 aromatic heterocycles. The van der Waals surface area contributed by atoms with Gasteiger partial charge < -0.3 is 10.2 Å². The van der Waals surface area contributed by atoms with Crippen LogP contribution in [0.3, 0.4) is 0 Å². The zero-order valence-electron chi connectivity index (χ0n) is 35.1. The molecule has 0 amide bonds. The van der Waals surface area contributed by atoms with Crippen molar-refractivity contribution in [2.45, 2.75) is 220 Å². The number of rotatable bonds is 26. The van der Waals surface area contributed by atoms with Crippen LogP contribution in [0.2, 0.25) is 0 Å². The van der Waals surface area contributed by atoms with E-state index in [4.69, 9.17) is 0 Å². The second-order valence-corrected chi connectivity index (χ2v) is 20.0. The second-order valence-electron chi connectivity index (χ2n) is 17.6. The summed E-state index contributed by atoms with van der Waals surface area (Å²) in [5, 5.41) is 22.4. The minimum atomic E-state index is -0.657. The molecule has 284 valence electrons. The molecule has 0 aliphatic carbocycles. The Labute approximate surface area is 311 Å². The first-order chi connectivity index (χ1) is 22.5. The van der Waals surface area contributed by atoms with Crippen LogP contribution < -0.4 is 0 Å². The zero-order valence-corrected chi connectivity index (χ0v) is 35.9. The maximum Gasteiger partial charge on any atom is 0.0623 e. The first kappa shape index (κ1) is 47.7. The van der Waals surface area contributed by atoms with Gasteiger partial charge in [-0.25, -0.2) is 0 Å². The molecule has 49 heavy (non-hydrogen) atoms. The van der Waals surface area contributed by atoms with E-state index in [2.05, 4.69) is 120 Å². The summed E-state index contributed by atoms with van der Waals surface area (Å²) in [7, 11) is 0. The van der Waals surface area contributed by atoms with Crippen molar-refractivity contribution in [1.29, 1.82) is 0 Å². The maximum atomic E-state index is 11.2. The number of allylic oxidation sites excluding steroid dienone is 12. The van der Waals surface area contributed by atoms with Crippen molar-refractivity contribution in [2.75, 3.05) is 0 Å². The van der Waals surface area contributed by atoms with Gasteiger partial charge in [-0.05, 0) is 172 Å². The summed E-state index contributed by atoms with van der Waals surface area (Å²) < 4.78 is 0.110. The number of thioether (sulfide) groups is 1. The molecule has 0 aliphatic heterocycles. The van der Waals surface area contributed by atoms with Crippen LogP contribution in [-0.4, -0.2) is 30.9 Å². The fourth-order valence-electron chi connectivity index (χ4n) is 6.18. The summed E-state index contributed by atoms with van der Waals surface area (Å²) in [6.07, 6.45) is 30.1. The van der Waals surface area contributed by atoms with E-state index in [0.717, 1.165) is 103 Å². The van der Waals surface area contributed by atoms with Crippen LogP contribution in [0, 0.1) is 0 Å². The summed E-state index contributed by atoms with van der Waals surface area (Å²) in [6, 6.07) is 0. The van der Waals surface area contributed by atoms with Crippen LogP contribution >= 0.6 is 11.8 Å².